The van der Waals surface area contributed by atoms with Crippen molar-refractivity contribution in [3.8, 4) is 0 Å². The van der Waals surface area contributed by atoms with E-state index in [1.807, 2.05) is 6.07 Å². The summed E-state index contributed by atoms with van der Waals surface area (Å²) in [6, 6.07) is 5.82. The van der Waals surface area contributed by atoms with Crippen LogP contribution in [0.5, 0.6) is 0 Å². The van der Waals surface area contributed by atoms with Crippen LogP contribution in [0.3, 0.4) is 0 Å². The molecular formula is C13H15ClFN. The third kappa shape index (κ3) is 1.56. The molecule has 2 aliphatic rings. The van der Waals surface area contributed by atoms with Crippen molar-refractivity contribution in [2.75, 3.05) is 6.54 Å². The quantitative estimate of drug-likeness (QED) is 0.835. The number of hydrogen-bond acceptors (Lipinski definition) is 1. The summed E-state index contributed by atoms with van der Waals surface area (Å²) in [6.07, 6.45) is 4.80. The first-order chi connectivity index (χ1) is 7.72. The predicted octanol–water partition coefficient (Wildman–Crippen LogP) is 3.26. The van der Waals surface area contributed by atoms with Gasteiger partial charge in [0, 0.05) is 11.5 Å². The first-order valence-corrected chi connectivity index (χ1v) is 6.29. The highest BCUT2D eigenvalue weighted by Gasteiger charge is 2.51. The van der Waals surface area contributed by atoms with Gasteiger partial charge in [-0.05, 0) is 49.9 Å². The largest absolute Gasteiger partial charge is 0.313 e. The topological polar surface area (TPSA) is 12.0 Å². The average Bonchev–Trinajstić information content (AvgIpc) is 2.90. The van der Waals surface area contributed by atoms with Crippen molar-refractivity contribution >= 4 is 11.6 Å². The summed E-state index contributed by atoms with van der Waals surface area (Å²) in [4.78, 5) is 0. The Bertz CT molecular complexity index is 408. The van der Waals surface area contributed by atoms with E-state index in [4.69, 9.17) is 11.6 Å². The van der Waals surface area contributed by atoms with Gasteiger partial charge in [-0.2, -0.15) is 0 Å². The van der Waals surface area contributed by atoms with Gasteiger partial charge in [0.05, 0.1) is 5.02 Å². The first-order valence-electron chi connectivity index (χ1n) is 5.91. The zero-order valence-corrected chi connectivity index (χ0v) is 9.86. The maximum Gasteiger partial charge on any atom is 0.142 e. The summed E-state index contributed by atoms with van der Waals surface area (Å²) < 4.78 is 13.5. The number of rotatable bonds is 2. The van der Waals surface area contributed by atoms with Gasteiger partial charge >= 0.3 is 0 Å². The molecule has 3 heteroatoms. The molecule has 1 nitrogen and oxygen atoms in total. The van der Waals surface area contributed by atoms with E-state index in [1.165, 1.54) is 25.7 Å². The molecule has 1 N–H and O–H groups in total. The molecule has 1 saturated heterocycles. The molecule has 1 atom stereocenters. The first kappa shape index (κ1) is 10.5. The van der Waals surface area contributed by atoms with Gasteiger partial charge < -0.3 is 5.32 Å². The van der Waals surface area contributed by atoms with Crippen LogP contribution in [0.15, 0.2) is 18.2 Å². The Labute approximate surface area is 100.0 Å². The van der Waals surface area contributed by atoms with Gasteiger partial charge in [0.2, 0.25) is 0 Å². The highest BCUT2D eigenvalue weighted by molar-refractivity contribution is 6.30. The fraction of sp³-hybridized carbons (Fsp3) is 0.538. The monoisotopic (exact) mass is 239 g/mol. The molecule has 1 heterocycles. The van der Waals surface area contributed by atoms with Crippen molar-refractivity contribution in [2.24, 2.45) is 0 Å². The van der Waals surface area contributed by atoms with Crippen LogP contribution in [0.25, 0.3) is 0 Å². The summed E-state index contributed by atoms with van der Waals surface area (Å²) in [5.74, 6) is -0.288. The summed E-state index contributed by atoms with van der Waals surface area (Å²) in [6.45, 7) is 1.10. The van der Waals surface area contributed by atoms with Crippen LogP contribution in [-0.4, -0.2) is 12.6 Å². The molecule has 0 radical (unpaired) electrons. The maximum absolute atomic E-state index is 13.5. The Morgan fingerprint density at radius 2 is 2.19 bits per heavy atom. The van der Waals surface area contributed by atoms with Crippen LogP contribution < -0.4 is 5.32 Å². The number of halogens is 2. The average molecular weight is 240 g/mol. The second-order valence-electron chi connectivity index (χ2n) is 4.93. The Kier molecular flexibility index (Phi) is 2.45. The molecule has 1 aromatic carbocycles. The number of benzene rings is 1. The predicted molar refractivity (Wildman–Crippen MR) is 63.3 cm³/mol. The van der Waals surface area contributed by atoms with Crippen molar-refractivity contribution in [3.63, 3.8) is 0 Å². The van der Waals surface area contributed by atoms with Gasteiger partial charge in [-0.15, -0.1) is 0 Å². The molecule has 3 rings (SSSR count). The minimum Gasteiger partial charge on any atom is -0.313 e. The minimum absolute atomic E-state index is 0.196. The summed E-state index contributed by atoms with van der Waals surface area (Å²) >= 11 is 5.72. The molecule has 1 saturated carbocycles. The third-order valence-electron chi connectivity index (χ3n) is 4.01. The van der Waals surface area contributed by atoms with Gasteiger partial charge in [-0.1, -0.05) is 17.7 Å². The Hall–Kier alpha value is -0.600. The van der Waals surface area contributed by atoms with Crippen LogP contribution >= 0.6 is 11.6 Å². The van der Waals surface area contributed by atoms with E-state index >= 15 is 0 Å². The zero-order chi connectivity index (χ0) is 11.2. The van der Waals surface area contributed by atoms with E-state index in [9.17, 15) is 4.39 Å². The van der Waals surface area contributed by atoms with Gasteiger partial charge in [0.1, 0.15) is 5.82 Å². The highest BCUT2D eigenvalue weighted by atomic mass is 35.5. The summed E-state index contributed by atoms with van der Waals surface area (Å²) in [5.41, 5.74) is 1.32. The molecule has 0 spiro atoms. The molecule has 2 fully saturated rings. The number of nitrogens with one attached hydrogen (secondary N) is 1. The van der Waals surface area contributed by atoms with Crippen molar-refractivity contribution in [3.05, 3.63) is 34.6 Å². The molecule has 86 valence electrons. The molecule has 1 aromatic rings. The highest BCUT2D eigenvalue weighted by Crippen LogP contribution is 2.53. The molecular weight excluding hydrogens is 225 g/mol. The Balaban J connectivity index is 1.93. The van der Waals surface area contributed by atoms with Crippen LogP contribution in [-0.2, 0) is 5.41 Å². The van der Waals surface area contributed by atoms with E-state index in [0.717, 1.165) is 12.1 Å². The van der Waals surface area contributed by atoms with Gasteiger partial charge in [-0.25, -0.2) is 4.39 Å². The molecule has 1 aliphatic carbocycles. The van der Waals surface area contributed by atoms with Gasteiger partial charge in [0.15, 0.2) is 0 Å². The third-order valence-corrected chi connectivity index (χ3v) is 4.32. The second-order valence-corrected chi connectivity index (χ2v) is 5.34. The normalized spacial score (nSPS) is 27.0. The lowest BCUT2D eigenvalue weighted by Gasteiger charge is -2.23. The van der Waals surface area contributed by atoms with Crippen LogP contribution in [0.4, 0.5) is 4.39 Å². The van der Waals surface area contributed by atoms with E-state index in [2.05, 4.69) is 5.32 Å². The second kappa shape index (κ2) is 3.71. The van der Waals surface area contributed by atoms with E-state index in [1.54, 1.807) is 12.1 Å². The van der Waals surface area contributed by atoms with E-state index in [0.29, 0.717) is 6.04 Å². The van der Waals surface area contributed by atoms with Crippen molar-refractivity contribution in [2.45, 2.75) is 37.1 Å². The Morgan fingerprint density at radius 1 is 1.38 bits per heavy atom. The summed E-state index contributed by atoms with van der Waals surface area (Å²) in [5, 5.41) is 3.76. The van der Waals surface area contributed by atoms with Crippen molar-refractivity contribution in [1.29, 1.82) is 0 Å². The van der Waals surface area contributed by atoms with Crippen LogP contribution in [0, 0.1) is 5.82 Å². The van der Waals surface area contributed by atoms with Gasteiger partial charge in [-0.3, -0.25) is 0 Å². The SMILES string of the molecule is Fc1cc(C2(C3CCCN3)CC2)ccc1Cl. The molecule has 0 bridgehead atoms. The van der Waals surface area contributed by atoms with E-state index in [-0.39, 0.29) is 16.3 Å². The fourth-order valence-electron chi connectivity index (χ4n) is 2.94. The van der Waals surface area contributed by atoms with Crippen molar-refractivity contribution < 1.29 is 4.39 Å². The molecule has 0 aromatic heterocycles. The minimum atomic E-state index is -0.288. The Morgan fingerprint density at radius 3 is 2.75 bits per heavy atom. The lowest BCUT2D eigenvalue weighted by atomic mass is 9.87. The molecule has 1 unspecified atom stereocenters. The maximum atomic E-state index is 13.5. The van der Waals surface area contributed by atoms with Crippen LogP contribution in [0.1, 0.15) is 31.2 Å². The fourth-order valence-corrected chi connectivity index (χ4v) is 3.05. The lowest BCUT2D eigenvalue weighted by molar-refractivity contribution is 0.470. The molecule has 1 aliphatic heterocycles. The smallest absolute Gasteiger partial charge is 0.142 e. The molecule has 0 amide bonds. The van der Waals surface area contributed by atoms with Gasteiger partial charge in [0.25, 0.3) is 0 Å². The van der Waals surface area contributed by atoms with Crippen LogP contribution in [0.2, 0.25) is 5.02 Å². The van der Waals surface area contributed by atoms with Crippen molar-refractivity contribution in [1.82, 2.24) is 5.32 Å². The van der Waals surface area contributed by atoms with E-state index < -0.39 is 0 Å². The number of hydrogen-bond donors (Lipinski definition) is 1. The lowest BCUT2D eigenvalue weighted by Crippen LogP contribution is -2.34. The summed E-state index contributed by atoms with van der Waals surface area (Å²) in [7, 11) is 0. The molecule has 16 heavy (non-hydrogen) atoms. The zero-order valence-electron chi connectivity index (χ0n) is 9.10. The standard InChI is InChI=1S/C13H15ClFN/c14-10-4-3-9(8-11(10)15)13(5-6-13)12-2-1-7-16-12/h3-4,8,12,16H,1-2,5-7H2.